The number of hydrogen-bond acceptors (Lipinski definition) is 6. The molecular formula is C28H34F18N2O4. The summed E-state index contributed by atoms with van der Waals surface area (Å²) in [6.07, 6.45) is -13.7. The van der Waals surface area contributed by atoms with Crippen molar-refractivity contribution < 1.29 is 98.0 Å². The van der Waals surface area contributed by atoms with Crippen LogP contribution in [0.3, 0.4) is 0 Å². The van der Waals surface area contributed by atoms with Crippen LogP contribution in [0.1, 0.15) is 58.3 Å². The molecule has 24 heteroatoms. The zero-order chi connectivity index (χ0) is 40.1. The molecule has 0 aromatic rings. The van der Waals surface area contributed by atoms with Gasteiger partial charge in [-0.1, -0.05) is 6.92 Å². The number of rotatable bonds is 19. The van der Waals surface area contributed by atoms with Gasteiger partial charge in [0.25, 0.3) is 0 Å². The monoisotopic (exact) mass is 804 g/mol. The molecule has 0 spiro atoms. The largest absolute Gasteiger partial charge is 0.459 e. The van der Waals surface area contributed by atoms with Crippen molar-refractivity contribution in [2.45, 2.75) is 123 Å². The van der Waals surface area contributed by atoms with Crippen molar-refractivity contribution in [3.8, 4) is 0 Å². The van der Waals surface area contributed by atoms with E-state index < -0.39 is 148 Å². The molecule has 52 heavy (non-hydrogen) atoms. The Bertz CT molecular complexity index is 1180. The van der Waals surface area contributed by atoms with Gasteiger partial charge in [-0.05, 0) is 31.6 Å². The molecule has 4 rings (SSSR count). The van der Waals surface area contributed by atoms with Crippen LogP contribution in [0.5, 0.6) is 0 Å². The van der Waals surface area contributed by atoms with Gasteiger partial charge in [0.05, 0.1) is 37.4 Å². The van der Waals surface area contributed by atoms with Crippen LogP contribution in [0.4, 0.5) is 79.0 Å². The first-order valence-electron chi connectivity index (χ1n) is 15.5. The number of hydrogen-bond donors (Lipinski definition) is 2. The quantitative estimate of drug-likeness (QED) is 0.103. The average Bonchev–Trinajstić information content (AvgIpc) is 2.92. The molecular weight excluding hydrogens is 770 g/mol. The van der Waals surface area contributed by atoms with Gasteiger partial charge in [-0.3, -0.25) is 4.79 Å². The normalized spacial score (nSPS) is 27.7. The van der Waals surface area contributed by atoms with Crippen molar-refractivity contribution >= 4 is 5.97 Å². The fourth-order valence-corrected chi connectivity index (χ4v) is 7.26. The third kappa shape index (κ3) is 9.64. The highest BCUT2D eigenvalue weighted by molar-refractivity contribution is 5.70. The summed E-state index contributed by atoms with van der Waals surface area (Å²) >= 11 is 0. The predicted molar refractivity (Wildman–Crippen MR) is 140 cm³/mol. The lowest BCUT2D eigenvalue weighted by molar-refractivity contribution is -0.351. The molecule has 2 N–H and O–H groups in total. The molecule has 0 aliphatic heterocycles. The summed E-state index contributed by atoms with van der Waals surface area (Å²) in [4.78, 5) is 12.5. The van der Waals surface area contributed by atoms with E-state index in [1.54, 1.807) is 0 Å². The van der Waals surface area contributed by atoms with Crippen molar-refractivity contribution in [2.75, 3.05) is 39.4 Å². The van der Waals surface area contributed by atoms with Crippen molar-refractivity contribution in [1.82, 2.24) is 10.6 Å². The van der Waals surface area contributed by atoms with Crippen LogP contribution in [0.15, 0.2) is 0 Å². The Morgan fingerprint density at radius 2 is 0.904 bits per heavy atom. The van der Waals surface area contributed by atoms with Crippen LogP contribution < -0.4 is 10.6 Å². The van der Waals surface area contributed by atoms with Gasteiger partial charge < -0.3 is 24.8 Å². The summed E-state index contributed by atoms with van der Waals surface area (Å²) in [5.41, 5.74) is -6.39. The second kappa shape index (κ2) is 14.3. The van der Waals surface area contributed by atoms with Crippen molar-refractivity contribution in [3.05, 3.63) is 0 Å². The van der Waals surface area contributed by atoms with Gasteiger partial charge in [0, 0.05) is 25.7 Å². The molecule has 6 nitrogen and oxygen atoms in total. The lowest BCUT2D eigenvalue weighted by Crippen LogP contribution is -2.70. The van der Waals surface area contributed by atoms with Crippen LogP contribution >= 0.6 is 0 Å². The first-order chi connectivity index (χ1) is 23.2. The van der Waals surface area contributed by atoms with Gasteiger partial charge >= 0.3 is 53.9 Å². The molecule has 4 aliphatic carbocycles. The first-order valence-corrected chi connectivity index (χ1v) is 15.5. The summed E-state index contributed by atoms with van der Waals surface area (Å²) < 4.78 is 263. The van der Waals surface area contributed by atoms with Crippen molar-refractivity contribution in [2.24, 2.45) is 5.92 Å². The summed E-state index contributed by atoms with van der Waals surface area (Å²) in [7, 11) is 0. The Hall–Kier alpha value is -1.95. The lowest BCUT2D eigenvalue weighted by Gasteiger charge is -2.65. The molecule has 0 amide bonds. The molecule has 2 atom stereocenters. The maximum absolute atomic E-state index is 14.8. The summed E-state index contributed by atoms with van der Waals surface area (Å²) in [6, 6.07) is 0. The molecule has 4 aliphatic rings. The number of nitrogens with one attached hydrogen (secondary N) is 2. The van der Waals surface area contributed by atoms with E-state index in [0.717, 1.165) is 10.6 Å². The minimum atomic E-state index is -6.37. The number of carbonyl (C=O) groups is 1. The molecule has 4 saturated carbocycles. The predicted octanol–water partition coefficient (Wildman–Crippen LogP) is 7.69. The van der Waals surface area contributed by atoms with Crippen molar-refractivity contribution in [1.29, 1.82) is 0 Å². The first kappa shape index (κ1) is 44.4. The van der Waals surface area contributed by atoms with Crippen LogP contribution in [-0.4, -0.2) is 110 Å². The number of halogens is 18. The Morgan fingerprint density at radius 3 is 1.25 bits per heavy atom. The van der Waals surface area contributed by atoms with Gasteiger partial charge in [0.15, 0.2) is 0 Å². The molecule has 0 aromatic carbocycles. The fourth-order valence-electron chi connectivity index (χ4n) is 7.26. The fraction of sp³-hybridized carbons (Fsp3) is 0.964. The Labute approximate surface area is 283 Å². The van der Waals surface area contributed by atoms with E-state index >= 15 is 0 Å². The summed E-state index contributed by atoms with van der Waals surface area (Å²) in [5, 5.41) is 1.78. The van der Waals surface area contributed by atoms with Crippen LogP contribution in [0, 0.1) is 5.92 Å². The highest BCUT2D eigenvalue weighted by Crippen LogP contribution is 2.64. The molecule has 2 unspecified atom stereocenters. The van der Waals surface area contributed by atoms with E-state index in [-0.39, 0.29) is 19.3 Å². The third-order valence-corrected chi connectivity index (χ3v) is 9.00. The van der Waals surface area contributed by atoms with E-state index in [1.807, 2.05) is 0 Å². The molecule has 4 bridgehead atoms. The zero-order valence-corrected chi connectivity index (χ0v) is 26.9. The average molecular weight is 805 g/mol. The zero-order valence-electron chi connectivity index (χ0n) is 26.9. The summed E-state index contributed by atoms with van der Waals surface area (Å²) in [5.74, 6) is -37.9. The maximum atomic E-state index is 14.8. The molecule has 0 heterocycles. The highest BCUT2D eigenvalue weighted by atomic mass is 19.4. The second-order valence-corrected chi connectivity index (χ2v) is 13.8. The highest BCUT2D eigenvalue weighted by Gasteiger charge is 2.74. The summed E-state index contributed by atoms with van der Waals surface area (Å²) in [6.45, 7) is -13.2. The van der Waals surface area contributed by atoms with Crippen LogP contribution in [0.2, 0.25) is 0 Å². The van der Waals surface area contributed by atoms with Gasteiger partial charge in [0.2, 0.25) is 0 Å². The van der Waals surface area contributed by atoms with E-state index in [2.05, 4.69) is 0 Å². The number of ether oxygens (including phenoxy) is 3. The minimum absolute atomic E-state index is 0.163. The topological polar surface area (TPSA) is 68.8 Å². The standard InChI is InChI=1S/C28H34F18N2O4/c1-2-3-17(49)52-20-6-16-4-18(8-20,50-14-23(33,34)27(43,44)21(29,30)10-47-12-25(37,38)39)7-19(5-16,9-20)51-15-24(35,36)28(45,46)22(31,32)11-48-13-26(40,41)42/h16,47-48H,2-15H2,1H3. The van der Waals surface area contributed by atoms with Gasteiger partial charge in [-0.2, -0.15) is 79.0 Å². The number of carbonyl (C=O) groups excluding carboxylic acids is 1. The van der Waals surface area contributed by atoms with E-state index in [9.17, 15) is 83.8 Å². The Kier molecular flexibility index (Phi) is 12.2. The molecule has 0 aromatic heterocycles. The molecule has 306 valence electrons. The number of alkyl halides is 18. The SMILES string of the molecule is CCCC(=O)OC12CC3CC(OCC(F)(F)C(F)(F)C(F)(F)CNCC(F)(F)F)(CC(OCC(F)(F)C(F)(F)C(F)(F)CNCC(F)(F)F)(C3)C1)C2. The molecule has 0 saturated heterocycles. The van der Waals surface area contributed by atoms with E-state index in [4.69, 9.17) is 14.2 Å². The van der Waals surface area contributed by atoms with Crippen molar-refractivity contribution in [3.63, 3.8) is 0 Å². The third-order valence-electron chi connectivity index (χ3n) is 9.00. The van der Waals surface area contributed by atoms with Crippen LogP contribution in [0.25, 0.3) is 0 Å². The Balaban J connectivity index is 1.87. The van der Waals surface area contributed by atoms with Gasteiger partial charge in [-0.25, -0.2) is 0 Å². The van der Waals surface area contributed by atoms with Gasteiger partial charge in [-0.15, -0.1) is 0 Å². The molecule has 4 fully saturated rings. The van der Waals surface area contributed by atoms with Gasteiger partial charge in [0.1, 0.15) is 18.8 Å². The smallest absolute Gasteiger partial charge is 0.401 e. The van der Waals surface area contributed by atoms with E-state index in [0.29, 0.717) is 0 Å². The Morgan fingerprint density at radius 1 is 0.558 bits per heavy atom. The second-order valence-electron chi connectivity index (χ2n) is 13.8. The molecule has 0 radical (unpaired) electrons. The lowest BCUT2D eigenvalue weighted by atomic mass is 9.50. The maximum Gasteiger partial charge on any atom is 0.401 e. The minimum Gasteiger partial charge on any atom is -0.459 e. The van der Waals surface area contributed by atoms with E-state index in [1.165, 1.54) is 6.92 Å². The van der Waals surface area contributed by atoms with Crippen LogP contribution in [-0.2, 0) is 19.0 Å². The number of esters is 1.